The molecular formula is C28H30N2O2. The number of aromatic amines is 1. The highest BCUT2D eigenvalue weighted by Crippen LogP contribution is 2.40. The van der Waals surface area contributed by atoms with Gasteiger partial charge in [-0.15, -0.1) is 0 Å². The van der Waals surface area contributed by atoms with Crippen molar-refractivity contribution >= 4 is 10.9 Å². The van der Waals surface area contributed by atoms with Crippen LogP contribution in [-0.2, 0) is 25.0 Å². The number of methoxy groups -OCH3 is 1. The van der Waals surface area contributed by atoms with Gasteiger partial charge in [0, 0.05) is 16.6 Å². The van der Waals surface area contributed by atoms with E-state index in [4.69, 9.17) is 15.2 Å². The third-order valence-electron chi connectivity index (χ3n) is 6.69. The molecule has 0 spiro atoms. The molecule has 32 heavy (non-hydrogen) atoms. The average molecular weight is 427 g/mol. The number of para-hydroxylation sites is 1. The van der Waals surface area contributed by atoms with Crippen LogP contribution in [0.3, 0.4) is 0 Å². The van der Waals surface area contributed by atoms with E-state index in [9.17, 15) is 0 Å². The molecule has 0 amide bonds. The summed E-state index contributed by atoms with van der Waals surface area (Å²) in [6.45, 7) is 0.519. The second-order valence-corrected chi connectivity index (χ2v) is 8.79. The van der Waals surface area contributed by atoms with Gasteiger partial charge in [-0.05, 0) is 67.0 Å². The van der Waals surface area contributed by atoms with E-state index in [1.165, 1.54) is 27.7 Å². The van der Waals surface area contributed by atoms with Gasteiger partial charge >= 0.3 is 0 Å². The minimum Gasteiger partial charge on any atom is -0.493 e. The zero-order valence-corrected chi connectivity index (χ0v) is 18.6. The molecule has 0 saturated heterocycles. The van der Waals surface area contributed by atoms with Gasteiger partial charge in [-0.2, -0.15) is 0 Å². The first kappa shape index (κ1) is 20.7. The highest BCUT2D eigenvalue weighted by atomic mass is 16.5. The van der Waals surface area contributed by atoms with Gasteiger partial charge in [-0.1, -0.05) is 54.6 Å². The first-order valence-corrected chi connectivity index (χ1v) is 11.4. The van der Waals surface area contributed by atoms with E-state index in [1.807, 2.05) is 24.3 Å². The minimum absolute atomic E-state index is 0.331. The van der Waals surface area contributed by atoms with Gasteiger partial charge in [-0.3, -0.25) is 0 Å². The van der Waals surface area contributed by atoms with E-state index in [0.29, 0.717) is 6.61 Å². The van der Waals surface area contributed by atoms with Crippen LogP contribution >= 0.6 is 0 Å². The number of hydrogen-bond acceptors (Lipinski definition) is 3. The van der Waals surface area contributed by atoms with E-state index in [2.05, 4.69) is 53.5 Å². The molecule has 164 valence electrons. The molecule has 3 N–H and O–H groups in total. The molecule has 0 aliphatic heterocycles. The van der Waals surface area contributed by atoms with Crippen LogP contribution in [0.15, 0.2) is 72.8 Å². The van der Waals surface area contributed by atoms with Crippen LogP contribution in [0.5, 0.6) is 11.5 Å². The number of hydrogen-bond donors (Lipinski definition) is 2. The van der Waals surface area contributed by atoms with Crippen molar-refractivity contribution in [3.63, 3.8) is 0 Å². The molecule has 4 heteroatoms. The first-order chi connectivity index (χ1) is 15.7. The molecule has 4 aromatic rings. The summed E-state index contributed by atoms with van der Waals surface area (Å²) in [5.74, 6) is 1.53. The Kier molecular flexibility index (Phi) is 5.62. The van der Waals surface area contributed by atoms with Crippen LogP contribution in [0.2, 0.25) is 0 Å². The summed E-state index contributed by atoms with van der Waals surface area (Å²) in [6, 6.07) is 24.9. The molecule has 0 bridgehead atoms. The Morgan fingerprint density at radius 2 is 1.75 bits per heavy atom. The monoisotopic (exact) mass is 426 g/mol. The lowest BCUT2D eigenvalue weighted by atomic mass is 9.77. The van der Waals surface area contributed by atoms with Crippen molar-refractivity contribution in [3.8, 4) is 11.5 Å². The van der Waals surface area contributed by atoms with Crippen molar-refractivity contribution in [3.05, 3.63) is 95.2 Å². The van der Waals surface area contributed by atoms with Crippen LogP contribution < -0.4 is 15.2 Å². The average Bonchev–Trinajstić information content (AvgIpc) is 3.23. The maximum absolute atomic E-state index is 7.01. The molecular weight excluding hydrogens is 396 g/mol. The van der Waals surface area contributed by atoms with Crippen LogP contribution in [0.1, 0.15) is 41.6 Å². The number of rotatable bonds is 7. The SMILES string of the molecule is COc1cc(CCC2(N)CCCc3c2[nH]c2ccccc32)ccc1OCc1ccccc1. The quantitative estimate of drug-likeness (QED) is 0.388. The zero-order chi connectivity index (χ0) is 22.0. The van der Waals surface area contributed by atoms with E-state index in [-0.39, 0.29) is 5.54 Å². The van der Waals surface area contributed by atoms with Gasteiger partial charge in [0.05, 0.1) is 12.6 Å². The molecule has 0 radical (unpaired) electrons. The van der Waals surface area contributed by atoms with Crippen LogP contribution in [-0.4, -0.2) is 12.1 Å². The van der Waals surface area contributed by atoms with Crippen molar-refractivity contribution in [2.45, 2.75) is 44.2 Å². The van der Waals surface area contributed by atoms with E-state index < -0.39 is 0 Å². The van der Waals surface area contributed by atoms with E-state index >= 15 is 0 Å². The Balaban J connectivity index is 1.32. The van der Waals surface area contributed by atoms with Gasteiger partial charge in [0.25, 0.3) is 0 Å². The molecule has 0 fully saturated rings. The number of nitrogens with two attached hydrogens (primary N) is 1. The Hall–Kier alpha value is -3.24. The molecule has 1 aromatic heterocycles. The van der Waals surface area contributed by atoms with Gasteiger partial charge in [0.15, 0.2) is 11.5 Å². The molecule has 1 atom stereocenters. The number of nitrogens with one attached hydrogen (secondary N) is 1. The molecule has 3 aromatic carbocycles. The lowest BCUT2D eigenvalue weighted by Crippen LogP contribution is -2.40. The minimum atomic E-state index is -0.331. The highest BCUT2D eigenvalue weighted by Gasteiger charge is 2.35. The molecule has 1 aliphatic carbocycles. The normalized spacial score (nSPS) is 17.8. The summed E-state index contributed by atoms with van der Waals surface area (Å²) in [5.41, 5.74) is 12.8. The Labute approximate surface area is 189 Å². The van der Waals surface area contributed by atoms with E-state index in [1.54, 1.807) is 7.11 Å². The fraction of sp³-hybridized carbons (Fsp3) is 0.286. The molecule has 1 heterocycles. The van der Waals surface area contributed by atoms with Crippen molar-refractivity contribution in [1.29, 1.82) is 0 Å². The van der Waals surface area contributed by atoms with Gasteiger partial charge in [0.1, 0.15) is 6.61 Å². The second kappa shape index (κ2) is 8.71. The Bertz CT molecular complexity index is 1210. The summed E-state index contributed by atoms with van der Waals surface area (Å²) >= 11 is 0. The summed E-state index contributed by atoms with van der Waals surface area (Å²) < 4.78 is 11.6. The third-order valence-corrected chi connectivity index (χ3v) is 6.69. The van der Waals surface area contributed by atoms with Crippen LogP contribution in [0.4, 0.5) is 0 Å². The number of ether oxygens (including phenoxy) is 2. The lowest BCUT2D eigenvalue weighted by molar-refractivity contribution is 0.284. The van der Waals surface area contributed by atoms with Crippen molar-refractivity contribution in [2.24, 2.45) is 5.73 Å². The third kappa shape index (κ3) is 3.98. The number of H-pyrrole nitrogens is 1. The molecule has 1 unspecified atom stereocenters. The van der Waals surface area contributed by atoms with Crippen molar-refractivity contribution < 1.29 is 9.47 Å². The first-order valence-electron chi connectivity index (χ1n) is 11.4. The fourth-order valence-electron chi connectivity index (χ4n) is 4.93. The predicted molar refractivity (Wildman–Crippen MR) is 129 cm³/mol. The number of aryl methyl sites for hydroxylation is 2. The summed E-state index contributed by atoms with van der Waals surface area (Å²) in [4.78, 5) is 3.64. The molecule has 1 aliphatic rings. The van der Waals surface area contributed by atoms with Crippen molar-refractivity contribution in [2.75, 3.05) is 7.11 Å². The second-order valence-electron chi connectivity index (χ2n) is 8.79. The zero-order valence-electron chi connectivity index (χ0n) is 18.6. The standard InChI is InChI=1S/C28H30N2O2/c1-31-26-18-20(13-14-25(26)32-19-21-8-3-2-4-9-21)15-17-28(29)16-7-11-23-22-10-5-6-12-24(22)30-27(23)28/h2-6,8-10,12-14,18,30H,7,11,15-17,19,29H2,1H3. The van der Waals surface area contributed by atoms with Crippen LogP contribution in [0, 0.1) is 0 Å². The predicted octanol–water partition coefficient (Wildman–Crippen LogP) is 5.88. The maximum atomic E-state index is 7.01. The fourth-order valence-corrected chi connectivity index (χ4v) is 4.93. The Morgan fingerprint density at radius 3 is 2.59 bits per heavy atom. The van der Waals surface area contributed by atoms with Crippen LogP contribution in [0.25, 0.3) is 10.9 Å². The number of benzene rings is 3. The van der Waals surface area contributed by atoms with Gasteiger partial charge < -0.3 is 20.2 Å². The maximum Gasteiger partial charge on any atom is 0.161 e. The van der Waals surface area contributed by atoms with Gasteiger partial charge in [-0.25, -0.2) is 0 Å². The smallest absolute Gasteiger partial charge is 0.161 e. The number of fused-ring (bicyclic) bond motifs is 3. The largest absolute Gasteiger partial charge is 0.493 e. The topological polar surface area (TPSA) is 60.3 Å². The summed E-state index contributed by atoms with van der Waals surface area (Å²) in [5, 5.41) is 1.32. The number of aromatic nitrogens is 1. The van der Waals surface area contributed by atoms with Gasteiger partial charge in [0.2, 0.25) is 0 Å². The van der Waals surface area contributed by atoms with E-state index in [0.717, 1.165) is 49.2 Å². The summed E-state index contributed by atoms with van der Waals surface area (Å²) in [6.07, 6.45) is 5.00. The molecule has 4 nitrogen and oxygen atoms in total. The molecule has 0 saturated carbocycles. The Morgan fingerprint density at radius 1 is 0.938 bits per heavy atom. The molecule has 5 rings (SSSR count). The van der Waals surface area contributed by atoms with Crippen molar-refractivity contribution in [1.82, 2.24) is 4.98 Å². The highest BCUT2D eigenvalue weighted by molar-refractivity contribution is 5.85. The lowest BCUT2D eigenvalue weighted by Gasteiger charge is -2.34. The summed E-state index contributed by atoms with van der Waals surface area (Å²) in [7, 11) is 1.69.